The van der Waals surface area contributed by atoms with Crippen molar-refractivity contribution in [2.45, 2.75) is 20.3 Å². The van der Waals surface area contributed by atoms with Gasteiger partial charge in [-0.25, -0.2) is 4.68 Å². The molecule has 5 heteroatoms. The van der Waals surface area contributed by atoms with E-state index in [1.165, 1.54) is 0 Å². The molecule has 1 aromatic heterocycles. The second-order valence-electron chi connectivity index (χ2n) is 3.94. The number of rotatable bonds is 3. The number of aliphatic carboxylic acids is 1. The Labute approximate surface area is 98.7 Å². The summed E-state index contributed by atoms with van der Waals surface area (Å²) in [6.45, 7) is 3.83. The van der Waals surface area contributed by atoms with Gasteiger partial charge in [-0.1, -0.05) is 22.9 Å². The van der Waals surface area contributed by atoms with Gasteiger partial charge in [0.15, 0.2) is 0 Å². The normalized spacial score (nSPS) is 10.5. The summed E-state index contributed by atoms with van der Waals surface area (Å²) in [5.74, 6) is -0.899. The van der Waals surface area contributed by atoms with Crippen molar-refractivity contribution in [3.63, 3.8) is 0 Å². The lowest BCUT2D eigenvalue weighted by Gasteiger charge is -2.03. The fraction of sp³-hybridized carbons (Fsp3) is 0.250. The first kappa shape index (κ1) is 11.3. The monoisotopic (exact) mass is 231 g/mol. The lowest BCUT2D eigenvalue weighted by molar-refractivity contribution is -0.136. The number of carbonyl (C=O) groups is 1. The van der Waals surface area contributed by atoms with Crippen LogP contribution in [0.2, 0.25) is 0 Å². The van der Waals surface area contributed by atoms with Gasteiger partial charge in [-0.15, -0.1) is 5.10 Å². The summed E-state index contributed by atoms with van der Waals surface area (Å²) in [7, 11) is 0. The van der Waals surface area contributed by atoms with E-state index in [1.807, 2.05) is 38.1 Å². The van der Waals surface area contributed by atoms with Crippen LogP contribution in [0.3, 0.4) is 0 Å². The molecule has 5 nitrogen and oxygen atoms in total. The average molecular weight is 231 g/mol. The van der Waals surface area contributed by atoms with Gasteiger partial charge < -0.3 is 5.11 Å². The molecule has 17 heavy (non-hydrogen) atoms. The van der Waals surface area contributed by atoms with Crippen molar-refractivity contribution in [3.05, 3.63) is 41.2 Å². The third-order valence-corrected chi connectivity index (χ3v) is 2.59. The summed E-state index contributed by atoms with van der Waals surface area (Å²) in [5, 5.41) is 16.6. The number of nitrogens with zero attached hydrogens (tertiary/aromatic N) is 3. The number of aryl methyl sites for hydroxylation is 1. The molecule has 1 N–H and O–H groups in total. The van der Waals surface area contributed by atoms with Gasteiger partial charge in [-0.2, -0.15) is 0 Å². The standard InChI is InChI=1S/C12H13N3O2/c1-8-3-5-10(6-4-8)15-9(2)11(13-14-15)7-12(16)17/h3-6H,7H2,1-2H3,(H,16,17). The van der Waals surface area contributed by atoms with E-state index in [1.54, 1.807) is 4.68 Å². The highest BCUT2D eigenvalue weighted by Crippen LogP contribution is 2.13. The summed E-state index contributed by atoms with van der Waals surface area (Å²) in [6.07, 6.45) is -0.0995. The second kappa shape index (κ2) is 4.37. The van der Waals surface area contributed by atoms with Crippen LogP contribution in [0.5, 0.6) is 0 Å². The van der Waals surface area contributed by atoms with Gasteiger partial charge >= 0.3 is 5.97 Å². The lowest BCUT2D eigenvalue weighted by Crippen LogP contribution is -2.03. The quantitative estimate of drug-likeness (QED) is 0.869. The number of hydrogen-bond acceptors (Lipinski definition) is 3. The molecule has 0 radical (unpaired) electrons. The molecule has 0 aliphatic rings. The van der Waals surface area contributed by atoms with Crippen molar-refractivity contribution < 1.29 is 9.90 Å². The van der Waals surface area contributed by atoms with Crippen molar-refractivity contribution in [1.82, 2.24) is 15.0 Å². The van der Waals surface area contributed by atoms with Gasteiger partial charge in [-0.3, -0.25) is 4.79 Å². The van der Waals surface area contributed by atoms with Crippen molar-refractivity contribution in [2.24, 2.45) is 0 Å². The van der Waals surface area contributed by atoms with E-state index in [0.717, 1.165) is 16.9 Å². The maximum atomic E-state index is 10.6. The molecule has 0 aliphatic carbocycles. The summed E-state index contributed by atoms with van der Waals surface area (Å²) >= 11 is 0. The number of aromatic nitrogens is 3. The largest absolute Gasteiger partial charge is 0.481 e. The van der Waals surface area contributed by atoms with Crippen LogP contribution < -0.4 is 0 Å². The lowest BCUT2D eigenvalue weighted by atomic mass is 10.2. The van der Waals surface area contributed by atoms with Gasteiger partial charge in [0.25, 0.3) is 0 Å². The second-order valence-corrected chi connectivity index (χ2v) is 3.94. The predicted octanol–water partition coefficient (Wildman–Crippen LogP) is 1.51. The molecule has 0 atom stereocenters. The van der Waals surface area contributed by atoms with E-state index < -0.39 is 5.97 Å². The molecule has 1 heterocycles. The molecule has 0 saturated carbocycles. The molecule has 0 saturated heterocycles. The Bertz CT molecular complexity index is 543. The Kier molecular flexibility index (Phi) is 2.91. The summed E-state index contributed by atoms with van der Waals surface area (Å²) < 4.78 is 1.65. The number of carboxylic acid groups (broad SMARTS) is 1. The maximum absolute atomic E-state index is 10.6. The molecule has 0 amide bonds. The van der Waals surface area contributed by atoms with Crippen LogP contribution in [0.4, 0.5) is 0 Å². The first-order valence-electron chi connectivity index (χ1n) is 5.28. The molecule has 0 fully saturated rings. The Morgan fingerprint density at radius 1 is 1.29 bits per heavy atom. The van der Waals surface area contributed by atoms with Gasteiger partial charge in [0, 0.05) is 0 Å². The van der Waals surface area contributed by atoms with Gasteiger partial charge in [-0.05, 0) is 26.0 Å². The molecule has 1 aromatic carbocycles. The van der Waals surface area contributed by atoms with Crippen molar-refractivity contribution in [2.75, 3.05) is 0 Å². The summed E-state index contributed by atoms with van der Waals surface area (Å²) in [4.78, 5) is 10.6. The smallest absolute Gasteiger partial charge is 0.309 e. The van der Waals surface area contributed by atoms with Crippen LogP contribution in [-0.4, -0.2) is 26.1 Å². The summed E-state index contributed by atoms with van der Waals surface area (Å²) in [6, 6.07) is 7.82. The third-order valence-electron chi connectivity index (χ3n) is 2.59. The van der Waals surface area contributed by atoms with Crippen molar-refractivity contribution in [3.8, 4) is 5.69 Å². The van der Waals surface area contributed by atoms with Crippen molar-refractivity contribution >= 4 is 5.97 Å². The van der Waals surface area contributed by atoms with E-state index in [4.69, 9.17) is 5.11 Å². The minimum atomic E-state index is -0.899. The minimum Gasteiger partial charge on any atom is -0.481 e. The molecule has 2 rings (SSSR count). The zero-order valence-electron chi connectivity index (χ0n) is 9.71. The van der Waals surface area contributed by atoms with Gasteiger partial charge in [0.05, 0.1) is 23.5 Å². The highest BCUT2D eigenvalue weighted by Gasteiger charge is 2.12. The molecule has 0 unspecified atom stereocenters. The number of hydrogen-bond donors (Lipinski definition) is 1. The highest BCUT2D eigenvalue weighted by atomic mass is 16.4. The molecular formula is C12H13N3O2. The first-order chi connectivity index (χ1) is 8.08. The van der Waals surface area contributed by atoms with E-state index in [-0.39, 0.29) is 6.42 Å². The zero-order chi connectivity index (χ0) is 12.4. The third kappa shape index (κ3) is 2.33. The molecular weight excluding hydrogens is 218 g/mol. The topological polar surface area (TPSA) is 68.0 Å². The van der Waals surface area contributed by atoms with Gasteiger partial charge in [0.1, 0.15) is 0 Å². The van der Waals surface area contributed by atoms with E-state index in [0.29, 0.717) is 5.69 Å². The number of benzene rings is 1. The van der Waals surface area contributed by atoms with Crippen LogP contribution in [0.1, 0.15) is 17.0 Å². The van der Waals surface area contributed by atoms with Crippen LogP contribution in [0.15, 0.2) is 24.3 Å². The van der Waals surface area contributed by atoms with Crippen molar-refractivity contribution in [1.29, 1.82) is 0 Å². The molecule has 0 aliphatic heterocycles. The summed E-state index contributed by atoms with van der Waals surface area (Å²) in [5.41, 5.74) is 3.31. The Morgan fingerprint density at radius 3 is 2.53 bits per heavy atom. The molecule has 0 spiro atoms. The van der Waals surface area contributed by atoms with Crippen LogP contribution in [0.25, 0.3) is 5.69 Å². The fourth-order valence-corrected chi connectivity index (χ4v) is 1.60. The fourth-order valence-electron chi connectivity index (χ4n) is 1.60. The number of carboxylic acids is 1. The Hall–Kier alpha value is -2.17. The van der Waals surface area contributed by atoms with Gasteiger partial charge in [0.2, 0.25) is 0 Å². The first-order valence-corrected chi connectivity index (χ1v) is 5.28. The van der Waals surface area contributed by atoms with E-state index in [2.05, 4.69) is 10.3 Å². The Balaban J connectivity index is 2.37. The molecule has 0 bridgehead atoms. The zero-order valence-corrected chi connectivity index (χ0v) is 9.71. The minimum absolute atomic E-state index is 0.0995. The highest BCUT2D eigenvalue weighted by molar-refractivity contribution is 5.69. The van der Waals surface area contributed by atoms with Crippen LogP contribution >= 0.6 is 0 Å². The Morgan fingerprint density at radius 2 is 1.94 bits per heavy atom. The van der Waals surface area contributed by atoms with Crippen LogP contribution in [-0.2, 0) is 11.2 Å². The average Bonchev–Trinajstić information content (AvgIpc) is 2.61. The van der Waals surface area contributed by atoms with E-state index >= 15 is 0 Å². The molecule has 2 aromatic rings. The van der Waals surface area contributed by atoms with Crippen LogP contribution in [0, 0.1) is 13.8 Å². The maximum Gasteiger partial charge on any atom is 0.309 e. The SMILES string of the molecule is Cc1ccc(-n2nnc(CC(=O)O)c2C)cc1. The molecule has 88 valence electrons. The predicted molar refractivity (Wildman–Crippen MR) is 62.2 cm³/mol. The van der Waals surface area contributed by atoms with E-state index in [9.17, 15) is 4.79 Å².